The molecule has 3 atom stereocenters. The van der Waals surface area contributed by atoms with Gasteiger partial charge < -0.3 is 9.84 Å². The maximum atomic E-state index is 9.11. The highest BCUT2D eigenvalue weighted by Gasteiger charge is 2.36. The summed E-state index contributed by atoms with van der Waals surface area (Å²) in [6, 6.07) is 0. The number of hydrogen-bond acceptors (Lipinski definition) is 2. The number of epoxide rings is 1. The van der Waals surface area contributed by atoms with Crippen LogP contribution < -0.4 is 0 Å². The van der Waals surface area contributed by atoms with E-state index in [9.17, 15) is 0 Å². The van der Waals surface area contributed by atoms with Gasteiger partial charge in [0.05, 0.1) is 12.2 Å². The quantitative estimate of drug-likeness (QED) is 0.302. The van der Waals surface area contributed by atoms with Crippen molar-refractivity contribution in [1.82, 2.24) is 0 Å². The Labute approximate surface area is 123 Å². The molecule has 1 N–H and O–H groups in total. The van der Waals surface area contributed by atoms with Crippen molar-refractivity contribution in [3.05, 3.63) is 12.7 Å². The van der Waals surface area contributed by atoms with Crippen LogP contribution in [0.4, 0.5) is 0 Å². The van der Waals surface area contributed by atoms with Crippen LogP contribution >= 0.6 is 0 Å². The second kappa shape index (κ2) is 10.6. The number of rotatable bonds is 9. The summed E-state index contributed by atoms with van der Waals surface area (Å²) >= 11 is 0. The first-order valence-corrected chi connectivity index (χ1v) is 7.72. The molecule has 0 amide bonds. The average Bonchev–Trinajstić information content (AvgIpc) is 3.20. The van der Waals surface area contributed by atoms with Crippen molar-refractivity contribution >= 4 is 0 Å². The first-order chi connectivity index (χ1) is 9.77. The second-order valence-electron chi connectivity index (χ2n) is 5.23. The normalized spacial score (nSPS) is 21.1. The summed E-state index contributed by atoms with van der Waals surface area (Å²) < 4.78 is 5.58. The Morgan fingerprint density at radius 3 is 2.65 bits per heavy atom. The van der Waals surface area contributed by atoms with Gasteiger partial charge in [0, 0.05) is 6.42 Å². The number of aliphatic hydroxyl groups excluding tert-OH is 1. The zero-order valence-electron chi connectivity index (χ0n) is 12.5. The Morgan fingerprint density at radius 2 is 1.90 bits per heavy atom. The van der Waals surface area contributed by atoms with Crippen LogP contribution in [0.25, 0.3) is 0 Å². The Balaban J connectivity index is 1.99. The summed E-state index contributed by atoms with van der Waals surface area (Å²) in [4.78, 5) is 0. The van der Waals surface area contributed by atoms with Gasteiger partial charge in [-0.05, 0) is 18.3 Å². The highest BCUT2D eigenvalue weighted by Crippen LogP contribution is 2.29. The van der Waals surface area contributed by atoms with Gasteiger partial charge in [-0.15, -0.1) is 0 Å². The largest absolute Gasteiger partial charge is 0.377 e. The van der Waals surface area contributed by atoms with Crippen molar-refractivity contribution in [1.29, 1.82) is 0 Å². The van der Waals surface area contributed by atoms with Crippen LogP contribution in [0, 0.1) is 23.7 Å². The summed E-state index contributed by atoms with van der Waals surface area (Å²) in [7, 11) is 0. The fraction of sp³-hybridized carbons (Fsp3) is 0.667. The zero-order valence-corrected chi connectivity index (χ0v) is 12.5. The standard InChI is InChI=1S/C18H26O2/c1-3-5-6-7-8-11-14-17-18(20-17)15-12-9-10-13-16(19)4-2/h4,16-19H,2-3,5-8,11,14-15H2,1H3/t16-,17+,18-/m1/s1. The molecule has 0 bridgehead atoms. The molecule has 0 aromatic rings. The first kappa shape index (κ1) is 16.8. The lowest BCUT2D eigenvalue weighted by atomic mass is 10.1. The molecular formula is C18H26O2. The molecular weight excluding hydrogens is 248 g/mol. The van der Waals surface area contributed by atoms with Gasteiger partial charge in [-0.3, -0.25) is 0 Å². The van der Waals surface area contributed by atoms with E-state index in [4.69, 9.17) is 9.84 Å². The topological polar surface area (TPSA) is 32.8 Å². The molecule has 1 aliphatic rings. The van der Waals surface area contributed by atoms with Gasteiger partial charge in [0.15, 0.2) is 0 Å². The number of aliphatic hydroxyl groups is 1. The molecule has 0 saturated carbocycles. The minimum Gasteiger partial charge on any atom is -0.377 e. The Morgan fingerprint density at radius 1 is 1.15 bits per heavy atom. The van der Waals surface area contributed by atoms with E-state index in [-0.39, 0.29) is 0 Å². The molecule has 1 rings (SSSR count). The lowest BCUT2D eigenvalue weighted by molar-refractivity contribution is 0.281. The minimum atomic E-state index is -0.776. The van der Waals surface area contributed by atoms with E-state index in [2.05, 4.69) is 37.2 Å². The third-order valence-electron chi connectivity index (χ3n) is 3.43. The van der Waals surface area contributed by atoms with Crippen molar-refractivity contribution in [2.75, 3.05) is 0 Å². The predicted molar refractivity (Wildman–Crippen MR) is 83.0 cm³/mol. The van der Waals surface area contributed by atoms with Gasteiger partial charge in [-0.25, -0.2) is 0 Å². The molecule has 0 aliphatic carbocycles. The molecule has 2 nitrogen and oxygen atoms in total. The molecule has 20 heavy (non-hydrogen) atoms. The van der Waals surface area contributed by atoms with E-state index in [1.807, 2.05) is 0 Å². The maximum Gasteiger partial charge on any atom is 0.134 e. The smallest absolute Gasteiger partial charge is 0.134 e. The summed E-state index contributed by atoms with van der Waals surface area (Å²) in [6.45, 7) is 5.68. The van der Waals surface area contributed by atoms with Crippen LogP contribution in [-0.2, 0) is 4.74 Å². The van der Waals surface area contributed by atoms with E-state index < -0.39 is 6.10 Å². The predicted octanol–water partition coefficient (Wildman–Crippen LogP) is 3.45. The van der Waals surface area contributed by atoms with Gasteiger partial charge in [0.1, 0.15) is 6.10 Å². The fourth-order valence-electron chi connectivity index (χ4n) is 2.10. The van der Waals surface area contributed by atoms with Crippen LogP contribution in [0.3, 0.4) is 0 Å². The zero-order chi connectivity index (χ0) is 14.6. The number of ether oxygens (including phenoxy) is 1. The van der Waals surface area contributed by atoms with E-state index in [0.717, 1.165) is 6.42 Å². The minimum absolute atomic E-state index is 0.310. The van der Waals surface area contributed by atoms with Crippen LogP contribution in [0.15, 0.2) is 12.7 Å². The van der Waals surface area contributed by atoms with Crippen molar-refractivity contribution in [3.8, 4) is 23.7 Å². The number of hydrogen-bond donors (Lipinski definition) is 1. The molecule has 1 fully saturated rings. The highest BCUT2D eigenvalue weighted by molar-refractivity contribution is 5.29. The Kier molecular flexibility index (Phi) is 8.88. The molecule has 1 saturated heterocycles. The summed E-state index contributed by atoms with van der Waals surface area (Å²) in [5, 5.41) is 9.11. The van der Waals surface area contributed by atoms with E-state index >= 15 is 0 Å². The van der Waals surface area contributed by atoms with Crippen molar-refractivity contribution in [3.63, 3.8) is 0 Å². The highest BCUT2D eigenvalue weighted by atomic mass is 16.6. The van der Waals surface area contributed by atoms with Crippen LogP contribution in [-0.4, -0.2) is 23.4 Å². The lowest BCUT2D eigenvalue weighted by Gasteiger charge is -1.98. The van der Waals surface area contributed by atoms with Crippen LogP contribution in [0.5, 0.6) is 0 Å². The summed E-state index contributed by atoms with van der Waals surface area (Å²) in [6.07, 6.45) is 11.2. The lowest BCUT2D eigenvalue weighted by Crippen LogP contribution is -1.94. The third-order valence-corrected chi connectivity index (χ3v) is 3.43. The molecule has 0 radical (unpaired) electrons. The van der Waals surface area contributed by atoms with Gasteiger partial charge in [0.2, 0.25) is 0 Å². The molecule has 0 spiro atoms. The molecule has 1 heterocycles. The van der Waals surface area contributed by atoms with E-state index in [0.29, 0.717) is 12.2 Å². The average molecular weight is 274 g/mol. The van der Waals surface area contributed by atoms with Crippen molar-refractivity contribution in [2.24, 2.45) is 0 Å². The van der Waals surface area contributed by atoms with Crippen LogP contribution in [0.2, 0.25) is 0 Å². The number of unbranched alkanes of at least 4 members (excludes halogenated alkanes) is 5. The van der Waals surface area contributed by atoms with E-state index in [1.165, 1.54) is 51.0 Å². The van der Waals surface area contributed by atoms with Crippen molar-refractivity contribution < 1.29 is 9.84 Å². The molecule has 1 aliphatic heterocycles. The summed E-state index contributed by atoms with van der Waals surface area (Å²) in [5.74, 6) is 10.9. The SMILES string of the molecule is C=C[C@@H](O)C#CC#CC[C@H]1O[C@H]1CCCCCCCC. The molecule has 0 aromatic heterocycles. The van der Waals surface area contributed by atoms with Gasteiger partial charge in [0.25, 0.3) is 0 Å². The Hall–Kier alpha value is -1.22. The van der Waals surface area contributed by atoms with Gasteiger partial charge >= 0.3 is 0 Å². The molecule has 0 aromatic carbocycles. The van der Waals surface area contributed by atoms with Gasteiger partial charge in [-0.1, -0.05) is 69.9 Å². The molecule has 110 valence electrons. The Bertz CT molecular complexity index is 391. The monoisotopic (exact) mass is 274 g/mol. The first-order valence-electron chi connectivity index (χ1n) is 7.72. The summed E-state index contributed by atoms with van der Waals surface area (Å²) in [5.41, 5.74) is 0. The molecule has 0 unspecified atom stereocenters. The second-order valence-corrected chi connectivity index (χ2v) is 5.23. The van der Waals surface area contributed by atoms with Crippen LogP contribution in [0.1, 0.15) is 58.3 Å². The fourth-order valence-corrected chi connectivity index (χ4v) is 2.10. The molecule has 2 heteroatoms. The van der Waals surface area contributed by atoms with Crippen molar-refractivity contribution in [2.45, 2.75) is 76.6 Å². The van der Waals surface area contributed by atoms with E-state index in [1.54, 1.807) is 0 Å². The maximum absolute atomic E-state index is 9.11. The third kappa shape index (κ3) is 8.05. The van der Waals surface area contributed by atoms with Gasteiger partial charge in [-0.2, -0.15) is 0 Å².